The van der Waals surface area contributed by atoms with Crippen molar-refractivity contribution >= 4 is 0 Å². The molecule has 0 radical (unpaired) electrons. The average molecular weight is 321 g/mol. The Morgan fingerprint density at radius 3 is 2.48 bits per heavy atom. The highest BCUT2D eigenvalue weighted by atomic mass is 19.1. The topological polar surface area (TPSA) is 19.0 Å². The molecule has 0 saturated carbocycles. The minimum absolute atomic E-state index is 0.220. The molecule has 1 aromatic carbocycles. The summed E-state index contributed by atoms with van der Waals surface area (Å²) in [5.41, 5.74) is 0. The molecule has 4 nitrogen and oxygen atoms in total. The molecule has 2 fully saturated rings. The maximum Gasteiger partial charge on any atom is 0.123 e. The molecule has 0 aliphatic carbocycles. The van der Waals surface area contributed by atoms with Gasteiger partial charge in [0.25, 0.3) is 0 Å². The van der Waals surface area contributed by atoms with E-state index in [1.54, 1.807) is 12.1 Å². The van der Waals surface area contributed by atoms with E-state index in [9.17, 15) is 4.39 Å². The van der Waals surface area contributed by atoms with Crippen LogP contribution in [0.1, 0.15) is 13.3 Å². The molecular weight excluding hydrogens is 293 g/mol. The molecule has 3 rings (SSSR count). The highest BCUT2D eigenvalue weighted by Crippen LogP contribution is 2.17. The molecule has 1 aromatic rings. The van der Waals surface area contributed by atoms with Crippen LogP contribution in [0, 0.1) is 5.82 Å². The Balaban J connectivity index is 1.36. The van der Waals surface area contributed by atoms with E-state index in [1.807, 2.05) is 0 Å². The van der Waals surface area contributed by atoms with Gasteiger partial charge in [0, 0.05) is 45.3 Å². The van der Waals surface area contributed by atoms with Crippen LogP contribution in [0.2, 0.25) is 0 Å². The summed E-state index contributed by atoms with van der Waals surface area (Å²) in [5.74, 6) is 0.528. The van der Waals surface area contributed by atoms with Gasteiger partial charge in [-0.15, -0.1) is 0 Å². The lowest BCUT2D eigenvalue weighted by Crippen LogP contribution is -2.50. The number of ether oxygens (including phenoxy) is 1. The zero-order chi connectivity index (χ0) is 16.1. The average Bonchev–Trinajstić information content (AvgIpc) is 3.06. The molecule has 2 heterocycles. The molecule has 0 spiro atoms. The highest BCUT2D eigenvalue weighted by molar-refractivity contribution is 5.21. The predicted molar refractivity (Wildman–Crippen MR) is 90.4 cm³/mol. The number of likely N-dealkylation sites (tertiary alicyclic amines) is 1. The molecule has 23 heavy (non-hydrogen) atoms. The van der Waals surface area contributed by atoms with E-state index in [0.29, 0.717) is 12.6 Å². The maximum atomic E-state index is 12.8. The number of hydrogen-bond acceptors (Lipinski definition) is 4. The third-order valence-corrected chi connectivity index (χ3v) is 5.11. The second-order valence-corrected chi connectivity index (χ2v) is 6.52. The monoisotopic (exact) mass is 321 g/mol. The Hall–Kier alpha value is -1.17. The minimum atomic E-state index is -0.220. The number of rotatable bonds is 6. The maximum absolute atomic E-state index is 12.8. The molecular formula is C18H28FN3O. The van der Waals surface area contributed by atoms with Gasteiger partial charge in [0.15, 0.2) is 0 Å². The van der Waals surface area contributed by atoms with Crippen LogP contribution in [0.5, 0.6) is 5.75 Å². The Morgan fingerprint density at radius 1 is 1.04 bits per heavy atom. The van der Waals surface area contributed by atoms with E-state index in [-0.39, 0.29) is 5.82 Å². The third kappa shape index (κ3) is 4.66. The molecule has 0 N–H and O–H groups in total. The van der Waals surface area contributed by atoms with E-state index < -0.39 is 0 Å². The van der Waals surface area contributed by atoms with Gasteiger partial charge in [-0.25, -0.2) is 4.39 Å². The van der Waals surface area contributed by atoms with E-state index in [0.717, 1.165) is 25.4 Å². The van der Waals surface area contributed by atoms with Crippen molar-refractivity contribution in [2.75, 3.05) is 59.0 Å². The molecule has 1 atom stereocenters. The van der Waals surface area contributed by atoms with Crippen LogP contribution in [-0.4, -0.2) is 79.7 Å². The predicted octanol–water partition coefficient (Wildman–Crippen LogP) is 1.92. The Bertz CT molecular complexity index is 474. The summed E-state index contributed by atoms with van der Waals surface area (Å²) in [6, 6.07) is 6.97. The lowest BCUT2D eigenvalue weighted by Gasteiger charge is -2.37. The first-order chi connectivity index (χ1) is 11.2. The smallest absolute Gasteiger partial charge is 0.123 e. The molecule has 128 valence electrons. The van der Waals surface area contributed by atoms with Crippen LogP contribution < -0.4 is 4.74 Å². The number of hydrogen-bond donors (Lipinski definition) is 0. The van der Waals surface area contributed by atoms with Gasteiger partial charge in [-0.1, -0.05) is 6.92 Å². The van der Waals surface area contributed by atoms with Gasteiger partial charge in [0.05, 0.1) is 0 Å². The van der Waals surface area contributed by atoms with Gasteiger partial charge in [0.1, 0.15) is 18.2 Å². The summed E-state index contributed by atoms with van der Waals surface area (Å²) in [4.78, 5) is 7.67. The second-order valence-electron chi connectivity index (χ2n) is 6.52. The Morgan fingerprint density at radius 2 is 1.78 bits per heavy atom. The molecule has 2 saturated heterocycles. The standard InChI is InChI=1S/C18H28FN3O/c1-2-20-9-11-22(12-10-20)17-7-8-21(15-17)13-14-23-18-5-3-16(19)4-6-18/h3-6,17H,2,7-15H2,1H3/t17-/m0/s1. The summed E-state index contributed by atoms with van der Waals surface area (Å²) < 4.78 is 18.6. The SMILES string of the molecule is CCN1CCN([C@H]2CCN(CCOc3ccc(F)cc3)C2)CC1. The first-order valence-corrected chi connectivity index (χ1v) is 8.81. The van der Waals surface area contributed by atoms with Crippen molar-refractivity contribution in [1.82, 2.24) is 14.7 Å². The number of benzene rings is 1. The molecule has 2 aliphatic heterocycles. The van der Waals surface area contributed by atoms with Gasteiger partial charge >= 0.3 is 0 Å². The molecule has 0 aromatic heterocycles. The third-order valence-electron chi connectivity index (χ3n) is 5.11. The van der Waals surface area contributed by atoms with Crippen molar-refractivity contribution in [2.24, 2.45) is 0 Å². The minimum Gasteiger partial charge on any atom is -0.492 e. The van der Waals surface area contributed by atoms with Crippen LogP contribution in [-0.2, 0) is 0 Å². The second kappa shape index (κ2) is 8.08. The first kappa shape index (κ1) is 16.7. The van der Waals surface area contributed by atoms with Gasteiger partial charge in [-0.05, 0) is 43.8 Å². The van der Waals surface area contributed by atoms with E-state index in [4.69, 9.17) is 4.74 Å². The molecule has 0 bridgehead atoms. The normalized spacial score (nSPS) is 24.2. The summed E-state index contributed by atoms with van der Waals surface area (Å²) in [6.07, 6.45) is 1.27. The van der Waals surface area contributed by atoms with Crippen molar-refractivity contribution in [2.45, 2.75) is 19.4 Å². The van der Waals surface area contributed by atoms with Gasteiger partial charge in [-0.2, -0.15) is 0 Å². The number of likely N-dealkylation sites (N-methyl/N-ethyl adjacent to an activating group) is 1. The molecule has 5 heteroatoms. The van der Waals surface area contributed by atoms with Crippen molar-refractivity contribution in [3.05, 3.63) is 30.1 Å². The number of piperazine rings is 1. The summed E-state index contributed by atoms with van der Waals surface area (Å²) in [5, 5.41) is 0. The van der Waals surface area contributed by atoms with Gasteiger partial charge < -0.3 is 9.64 Å². The van der Waals surface area contributed by atoms with Gasteiger partial charge in [0.2, 0.25) is 0 Å². The van der Waals surface area contributed by atoms with Crippen LogP contribution in [0.15, 0.2) is 24.3 Å². The van der Waals surface area contributed by atoms with E-state index in [2.05, 4.69) is 21.6 Å². The van der Waals surface area contributed by atoms with Crippen molar-refractivity contribution in [3.8, 4) is 5.75 Å². The Kier molecular flexibility index (Phi) is 5.86. The van der Waals surface area contributed by atoms with Crippen LogP contribution in [0.4, 0.5) is 4.39 Å². The van der Waals surface area contributed by atoms with E-state index >= 15 is 0 Å². The first-order valence-electron chi connectivity index (χ1n) is 8.81. The fraction of sp³-hybridized carbons (Fsp3) is 0.667. The fourth-order valence-electron chi connectivity index (χ4n) is 3.58. The van der Waals surface area contributed by atoms with Crippen molar-refractivity contribution < 1.29 is 9.13 Å². The number of halogens is 1. The zero-order valence-electron chi connectivity index (χ0n) is 14.1. The molecule has 0 amide bonds. The highest BCUT2D eigenvalue weighted by Gasteiger charge is 2.29. The lowest BCUT2D eigenvalue weighted by atomic mass is 10.2. The van der Waals surface area contributed by atoms with Gasteiger partial charge in [-0.3, -0.25) is 9.80 Å². The van der Waals surface area contributed by atoms with Crippen LogP contribution in [0.25, 0.3) is 0 Å². The largest absolute Gasteiger partial charge is 0.492 e. The molecule has 0 unspecified atom stereocenters. The van der Waals surface area contributed by atoms with Crippen molar-refractivity contribution in [3.63, 3.8) is 0 Å². The summed E-state index contributed by atoms with van der Waals surface area (Å²) >= 11 is 0. The van der Waals surface area contributed by atoms with Crippen molar-refractivity contribution in [1.29, 1.82) is 0 Å². The quantitative estimate of drug-likeness (QED) is 0.797. The lowest BCUT2D eigenvalue weighted by molar-refractivity contribution is 0.1000. The number of nitrogens with zero attached hydrogens (tertiary/aromatic N) is 3. The Labute approximate surface area is 138 Å². The van der Waals surface area contributed by atoms with Crippen LogP contribution in [0.3, 0.4) is 0 Å². The molecule has 2 aliphatic rings. The summed E-state index contributed by atoms with van der Waals surface area (Å²) in [7, 11) is 0. The fourth-order valence-corrected chi connectivity index (χ4v) is 3.58. The summed E-state index contributed by atoms with van der Waals surface area (Å²) in [6.45, 7) is 12.2. The van der Waals surface area contributed by atoms with E-state index in [1.165, 1.54) is 51.3 Å². The van der Waals surface area contributed by atoms with Crippen LogP contribution >= 0.6 is 0 Å². The zero-order valence-corrected chi connectivity index (χ0v) is 14.1.